The van der Waals surface area contributed by atoms with E-state index in [9.17, 15) is 14.4 Å². The Hall–Kier alpha value is -4.06. The molecular formula is C36H40F2N6O3. The molecule has 47 heavy (non-hydrogen) atoms. The number of carbonyl (C=O) groups excluding carboxylic acids is 3. The third-order valence-corrected chi connectivity index (χ3v) is 10.2. The molecule has 3 aromatic rings. The molecule has 0 spiro atoms. The van der Waals surface area contributed by atoms with E-state index in [4.69, 9.17) is 0 Å². The third-order valence-electron chi connectivity index (χ3n) is 10.2. The van der Waals surface area contributed by atoms with Gasteiger partial charge in [-0.05, 0) is 54.2 Å². The van der Waals surface area contributed by atoms with Crippen LogP contribution in [-0.2, 0) is 22.6 Å². The van der Waals surface area contributed by atoms with Crippen LogP contribution in [0.2, 0.25) is 0 Å². The maximum Gasteiger partial charge on any atom is 0.275 e. The van der Waals surface area contributed by atoms with Crippen LogP contribution in [-0.4, -0.2) is 106 Å². The summed E-state index contributed by atoms with van der Waals surface area (Å²) in [6.07, 6.45) is 3.33. The number of aromatic nitrogens is 1. The van der Waals surface area contributed by atoms with Crippen LogP contribution >= 0.6 is 0 Å². The molecular weight excluding hydrogens is 602 g/mol. The average molecular weight is 643 g/mol. The van der Waals surface area contributed by atoms with E-state index < -0.39 is 23.9 Å². The van der Waals surface area contributed by atoms with Crippen molar-refractivity contribution in [3.8, 4) is 0 Å². The van der Waals surface area contributed by atoms with Crippen molar-refractivity contribution in [2.45, 2.75) is 56.3 Å². The number of piperazine rings is 1. The monoisotopic (exact) mass is 642 g/mol. The Balaban J connectivity index is 0.932. The number of hydrogen-bond acceptors (Lipinski definition) is 7. The van der Waals surface area contributed by atoms with E-state index in [2.05, 4.69) is 27.3 Å². The van der Waals surface area contributed by atoms with E-state index in [0.29, 0.717) is 70.6 Å². The zero-order valence-electron chi connectivity index (χ0n) is 26.4. The molecule has 0 saturated carbocycles. The van der Waals surface area contributed by atoms with E-state index in [1.165, 1.54) is 4.90 Å². The molecule has 5 heterocycles. The molecule has 3 fully saturated rings. The first kappa shape index (κ1) is 31.5. The summed E-state index contributed by atoms with van der Waals surface area (Å²) in [6.45, 7) is 3.68. The molecule has 2 aromatic carbocycles. The Kier molecular flexibility index (Phi) is 8.87. The molecule has 4 aliphatic heterocycles. The number of alkyl halides is 2. The van der Waals surface area contributed by atoms with Gasteiger partial charge in [-0.3, -0.25) is 39.4 Å². The minimum atomic E-state index is -2.83. The van der Waals surface area contributed by atoms with Gasteiger partial charge in [-0.25, -0.2) is 8.78 Å². The number of pyridine rings is 1. The second-order valence-electron chi connectivity index (χ2n) is 13.1. The molecule has 0 bridgehead atoms. The predicted molar refractivity (Wildman–Crippen MR) is 172 cm³/mol. The second kappa shape index (κ2) is 13.2. The van der Waals surface area contributed by atoms with Crippen LogP contribution in [0.3, 0.4) is 0 Å². The topological polar surface area (TPSA) is 89.1 Å². The number of hydrogen-bond donors (Lipinski definition) is 1. The van der Waals surface area contributed by atoms with E-state index in [1.54, 1.807) is 12.3 Å². The Labute approximate surface area is 273 Å². The lowest BCUT2D eigenvalue weighted by Crippen LogP contribution is -2.62. The fourth-order valence-electron chi connectivity index (χ4n) is 7.76. The third kappa shape index (κ3) is 6.57. The van der Waals surface area contributed by atoms with Gasteiger partial charge in [0.15, 0.2) is 0 Å². The Morgan fingerprint density at radius 3 is 2.43 bits per heavy atom. The fraction of sp³-hybridized carbons (Fsp3) is 0.444. The number of rotatable bonds is 8. The molecule has 3 amide bonds. The fourth-order valence-corrected chi connectivity index (χ4v) is 7.76. The highest BCUT2D eigenvalue weighted by Crippen LogP contribution is 2.35. The van der Waals surface area contributed by atoms with E-state index >= 15 is 8.78 Å². The van der Waals surface area contributed by atoms with Crippen molar-refractivity contribution in [2.75, 3.05) is 45.8 Å². The maximum atomic E-state index is 15.7. The number of likely N-dealkylation sites (tertiary alicyclic amines) is 1. The van der Waals surface area contributed by atoms with Crippen molar-refractivity contribution in [1.29, 1.82) is 0 Å². The molecule has 4 aliphatic rings. The van der Waals surface area contributed by atoms with Crippen molar-refractivity contribution < 1.29 is 23.2 Å². The average Bonchev–Trinajstić information content (AvgIpc) is 3.40. The number of nitrogens with zero attached hydrogens (tertiary/aromatic N) is 5. The van der Waals surface area contributed by atoms with Crippen LogP contribution in [0.5, 0.6) is 0 Å². The smallest absolute Gasteiger partial charge is 0.275 e. The van der Waals surface area contributed by atoms with Gasteiger partial charge in [-0.2, -0.15) is 0 Å². The zero-order valence-corrected chi connectivity index (χ0v) is 26.4. The molecule has 3 unspecified atom stereocenters. The number of carbonyl (C=O) groups is 3. The molecule has 0 aliphatic carbocycles. The largest absolute Gasteiger partial charge is 0.322 e. The van der Waals surface area contributed by atoms with Gasteiger partial charge in [0.1, 0.15) is 6.04 Å². The molecule has 1 N–H and O–H groups in total. The number of benzene rings is 2. The molecule has 3 atom stereocenters. The maximum absolute atomic E-state index is 15.7. The molecule has 1 aromatic heterocycles. The molecule has 9 nitrogen and oxygen atoms in total. The lowest BCUT2D eigenvalue weighted by molar-refractivity contribution is -0.137. The first-order valence-corrected chi connectivity index (χ1v) is 16.6. The Morgan fingerprint density at radius 1 is 0.915 bits per heavy atom. The number of amides is 3. The van der Waals surface area contributed by atoms with Crippen LogP contribution in [0.4, 0.5) is 8.78 Å². The van der Waals surface area contributed by atoms with Crippen LogP contribution < -0.4 is 5.32 Å². The predicted octanol–water partition coefficient (Wildman–Crippen LogP) is 3.50. The van der Waals surface area contributed by atoms with Crippen LogP contribution in [0.1, 0.15) is 58.0 Å². The molecule has 246 valence electrons. The highest BCUT2D eigenvalue weighted by atomic mass is 19.3. The number of nitrogens with one attached hydrogen (secondary N) is 1. The lowest BCUT2D eigenvalue weighted by atomic mass is 9.96. The van der Waals surface area contributed by atoms with Gasteiger partial charge in [0.2, 0.25) is 11.8 Å². The summed E-state index contributed by atoms with van der Waals surface area (Å²) in [5.74, 6) is -3.79. The normalized spacial score (nSPS) is 24.6. The number of halogens is 2. The summed E-state index contributed by atoms with van der Waals surface area (Å²) < 4.78 is 31.4. The van der Waals surface area contributed by atoms with Crippen LogP contribution in [0.25, 0.3) is 0 Å². The van der Waals surface area contributed by atoms with Gasteiger partial charge in [0.25, 0.3) is 11.8 Å². The minimum absolute atomic E-state index is 0.0141. The van der Waals surface area contributed by atoms with E-state index in [-0.39, 0.29) is 30.8 Å². The second-order valence-corrected chi connectivity index (χ2v) is 13.1. The number of fused-ring (bicyclic) bond motifs is 1. The van der Waals surface area contributed by atoms with Gasteiger partial charge in [0, 0.05) is 64.0 Å². The SMILES string of the molecule is O=C1CCC(N2Cc3cc(CCN4CCC(N5CCN(C(c6ccccc6)c6ccccn6)CC5)C(F)(F)C4)ccc3C2=O)C(=O)N1. The Bertz CT molecular complexity index is 1580. The van der Waals surface area contributed by atoms with Gasteiger partial charge in [0.05, 0.1) is 24.3 Å². The molecule has 11 heteroatoms. The van der Waals surface area contributed by atoms with Crippen molar-refractivity contribution in [3.05, 3.63) is 101 Å². The van der Waals surface area contributed by atoms with Gasteiger partial charge in [-0.15, -0.1) is 0 Å². The zero-order chi connectivity index (χ0) is 32.5. The van der Waals surface area contributed by atoms with Gasteiger partial charge < -0.3 is 4.90 Å². The number of piperidine rings is 2. The van der Waals surface area contributed by atoms with Crippen LogP contribution in [0, 0.1) is 0 Å². The van der Waals surface area contributed by atoms with Crippen molar-refractivity contribution in [3.63, 3.8) is 0 Å². The minimum Gasteiger partial charge on any atom is -0.322 e. The summed E-state index contributed by atoms with van der Waals surface area (Å²) in [7, 11) is 0. The van der Waals surface area contributed by atoms with Gasteiger partial charge >= 0.3 is 0 Å². The molecule has 0 radical (unpaired) electrons. The summed E-state index contributed by atoms with van der Waals surface area (Å²) in [5, 5.41) is 2.32. The first-order chi connectivity index (χ1) is 22.8. The summed E-state index contributed by atoms with van der Waals surface area (Å²) >= 11 is 0. The quantitative estimate of drug-likeness (QED) is 0.377. The molecule has 3 saturated heterocycles. The first-order valence-electron chi connectivity index (χ1n) is 16.6. The van der Waals surface area contributed by atoms with E-state index in [1.807, 2.05) is 58.3 Å². The lowest BCUT2D eigenvalue weighted by Gasteiger charge is -2.47. The van der Waals surface area contributed by atoms with Crippen molar-refractivity contribution in [1.82, 2.24) is 29.9 Å². The number of imide groups is 1. The Morgan fingerprint density at radius 2 is 1.70 bits per heavy atom. The molecule has 7 rings (SSSR count). The van der Waals surface area contributed by atoms with Crippen molar-refractivity contribution in [2.24, 2.45) is 0 Å². The summed E-state index contributed by atoms with van der Waals surface area (Å²) in [5.41, 5.74) is 4.48. The summed E-state index contributed by atoms with van der Waals surface area (Å²) in [6, 6.07) is 20.3. The highest BCUT2D eigenvalue weighted by Gasteiger charge is 2.48. The van der Waals surface area contributed by atoms with E-state index in [0.717, 1.165) is 22.4 Å². The standard InChI is InChI=1S/C36H40F2N6O3/c37-36(38)24-41(16-13-25-9-10-28-27(22-25)23-44(35(28)47)30-11-12-32(45)40-34(30)46)17-14-31(36)42-18-20-43(21-19-42)33(26-6-2-1-3-7-26)29-8-4-5-15-39-29/h1-10,15,22,30-31,33H,11-14,16-21,23-24H2,(H,40,45,46). The van der Waals surface area contributed by atoms with Gasteiger partial charge in [-0.1, -0.05) is 48.5 Å². The summed E-state index contributed by atoms with van der Waals surface area (Å²) in [4.78, 5) is 49.3. The highest BCUT2D eigenvalue weighted by molar-refractivity contribution is 6.05. The van der Waals surface area contributed by atoms with Crippen LogP contribution in [0.15, 0.2) is 72.9 Å². The van der Waals surface area contributed by atoms with Crippen molar-refractivity contribution >= 4 is 17.7 Å².